The van der Waals surface area contributed by atoms with Crippen molar-refractivity contribution in [3.05, 3.63) is 64.9 Å². The fourth-order valence-corrected chi connectivity index (χ4v) is 4.64. The van der Waals surface area contributed by atoms with Gasteiger partial charge in [-0.25, -0.2) is 4.21 Å². The van der Waals surface area contributed by atoms with E-state index in [9.17, 15) is 4.21 Å². The van der Waals surface area contributed by atoms with Crippen molar-refractivity contribution in [2.45, 2.75) is 29.7 Å². The van der Waals surface area contributed by atoms with Crippen molar-refractivity contribution >= 4 is 38.9 Å². The first kappa shape index (κ1) is 16.6. The maximum Gasteiger partial charge on any atom is 0.153 e. The Balaban J connectivity index is 1.82. The highest BCUT2D eigenvalue weighted by Gasteiger charge is 2.21. The Morgan fingerprint density at radius 1 is 1.28 bits per heavy atom. The highest BCUT2D eigenvalue weighted by Crippen LogP contribution is 2.35. The Kier molecular flexibility index (Phi) is 4.28. The molecule has 2 aromatic carbocycles. The van der Waals surface area contributed by atoms with Crippen LogP contribution in [0.1, 0.15) is 23.8 Å². The fraction of sp³-hybridized carbons (Fsp3) is 0.200. The molecule has 128 valence electrons. The van der Waals surface area contributed by atoms with Crippen LogP contribution >= 0.6 is 11.6 Å². The lowest BCUT2D eigenvalue weighted by molar-refractivity contribution is 0.500. The van der Waals surface area contributed by atoms with Gasteiger partial charge in [-0.15, -0.1) is 0 Å². The van der Waals surface area contributed by atoms with Crippen LogP contribution < -0.4 is 5.32 Å². The third-order valence-corrected chi connectivity index (χ3v) is 6.12. The summed E-state index contributed by atoms with van der Waals surface area (Å²) in [4.78, 5) is 1.43. The van der Waals surface area contributed by atoms with E-state index in [0.717, 1.165) is 52.3 Å². The van der Waals surface area contributed by atoms with Crippen molar-refractivity contribution in [2.24, 2.45) is 0 Å². The number of furan rings is 1. The predicted octanol–water partition coefficient (Wildman–Crippen LogP) is 4.93. The molecule has 5 heteroatoms. The number of hydrogen-bond acceptors (Lipinski definition) is 3. The Morgan fingerprint density at radius 2 is 2.12 bits per heavy atom. The summed E-state index contributed by atoms with van der Waals surface area (Å²) in [5, 5.41) is 4.81. The van der Waals surface area contributed by atoms with Crippen molar-refractivity contribution in [2.75, 3.05) is 6.54 Å². The van der Waals surface area contributed by atoms with Crippen LogP contribution in [0.2, 0.25) is 5.02 Å². The second kappa shape index (κ2) is 6.45. The number of nitrogens with one attached hydrogen (secondary N) is 1. The molecule has 3 nitrogen and oxygen atoms in total. The van der Waals surface area contributed by atoms with E-state index in [4.69, 9.17) is 16.0 Å². The Labute approximate surface area is 154 Å². The molecule has 0 aliphatic carbocycles. The molecule has 0 fully saturated rings. The summed E-state index contributed by atoms with van der Waals surface area (Å²) in [6, 6.07) is 11.4. The molecule has 25 heavy (non-hydrogen) atoms. The van der Waals surface area contributed by atoms with Crippen LogP contribution in [0, 0.1) is 0 Å². The smallest absolute Gasteiger partial charge is 0.153 e. The molecule has 0 radical (unpaired) electrons. The molecule has 1 unspecified atom stereocenters. The first-order valence-corrected chi connectivity index (χ1v) is 9.69. The molecule has 1 atom stereocenters. The van der Waals surface area contributed by atoms with Crippen LogP contribution in [0.5, 0.6) is 0 Å². The first-order valence-electron chi connectivity index (χ1n) is 8.17. The molecule has 0 saturated carbocycles. The molecule has 0 saturated heterocycles. The summed E-state index contributed by atoms with van der Waals surface area (Å²) >= 11 is 6.43. The van der Waals surface area contributed by atoms with Gasteiger partial charge in [0.05, 0.1) is 15.8 Å². The van der Waals surface area contributed by atoms with Crippen LogP contribution in [0.3, 0.4) is 0 Å². The second-order valence-corrected chi connectivity index (χ2v) is 8.18. The Morgan fingerprint density at radius 3 is 2.92 bits per heavy atom. The number of hydrogen-bond donors (Lipinski definition) is 1. The molecule has 2 heterocycles. The molecular formula is C20H18ClNO2S. The van der Waals surface area contributed by atoms with Gasteiger partial charge in [0, 0.05) is 40.3 Å². The summed E-state index contributed by atoms with van der Waals surface area (Å²) in [6.45, 7) is 7.55. The van der Waals surface area contributed by atoms with Gasteiger partial charge in [-0.2, -0.15) is 0 Å². The lowest BCUT2D eigenvalue weighted by Crippen LogP contribution is -2.22. The second-order valence-electron chi connectivity index (χ2n) is 6.29. The quantitative estimate of drug-likeness (QED) is 0.709. The lowest BCUT2D eigenvalue weighted by Gasteiger charge is -2.11. The maximum absolute atomic E-state index is 13.1. The minimum Gasteiger partial charge on any atom is -0.459 e. The van der Waals surface area contributed by atoms with Crippen LogP contribution in [-0.2, 0) is 23.8 Å². The minimum atomic E-state index is -1.31. The SMILES string of the molecule is C=C(C)c1cccc(S(=O)c2cc(Cl)c3oc4c(c3c2)CNCC4)c1. The molecule has 1 N–H and O–H groups in total. The summed E-state index contributed by atoms with van der Waals surface area (Å²) in [6.07, 6.45) is 0.847. The zero-order valence-corrected chi connectivity index (χ0v) is 15.5. The van der Waals surface area contributed by atoms with E-state index in [0.29, 0.717) is 15.5 Å². The van der Waals surface area contributed by atoms with Crippen molar-refractivity contribution in [1.82, 2.24) is 5.32 Å². The fourth-order valence-electron chi connectivity index (χ4n) is 3.16. The number of halogens is 1. The predicted molar refractivity (Wildman–Crippen MR) is 102 cm³/mol. The molecule has 4 rings (SSSR count). The standard InChI is InChI=1S/C20H18ClNO2S/c1-12(2)13-4-3-5-14(8-13)25(23)15-9-16-17-11-22-7-6-19(17)24-20(16)18(21)10-15/h3-5,8-10,22H,1,6-7,11H2,2H3. The number of fused-ring (bicyclic) bond motifs is 3. The van der Waals surface area contributed by atoms with Crippen molar-refractivity contribution < 1.29 is 8.63 Å². The highest BCUT2D eigenvalue weighted by atomic mass is 35.5. The molecule has 1 aromatic heterocycles. The van der Waals surface area contributed by atoms with Crippen molar-refractivity contribution in [3.8, 4) is 0 Å². The lowest BCUT2D eigenvalue weighted by atomic mass is 10.1. The zero-order chi connectivity index (χ0) is 17.6. The summed E-state index contributed by atoms with van der Waals surface area (Å²) in [5.41, 5.74) is 3.75. The van der Waals surface area contributed by atoms with Gasteiger partial charge in [-0.3, -0.25) is 0 Å². The monoisotopic (exact) mass is 371 g/mol. The van der Waals surface area contributed by atoms with E-state index in [1.165, 1.54) is 0 Å². The van der Waals surface area contributed by atoms with Gasteiger partial charge in [0.15, 0.2) is 5.58 Å². The first-order chi connectivity index (χ1) is 12.0. The van der Waals surface area contributed by atoms with Gasteiger partial charge in [0.25, 0.3) is 0 Å². The largest absolute Gasteiger partial charge is 0.459 e. The minimum absolute atomic E-state index is 0.506. The van der Waals surface area contributed by atoms with Gasteiger partial charge in [0.2, 0.25) is 0 Å². The normalized spacial score (nSPS) is 15.1. The van der Waals surface area contributed by atoms with E-state index in [1.807, 2.05) is 37.3 Å². The zero-order valence-electron chi connectivity index (χ0n) is 13.9. The molecule has 1 aliphatic rings. The average Bonchev–Trinajstić information content (AvgIpc) is 3.00. The number of allylic oxidation sites excluding steroid dienone is 1. The van der Waals surface area contributed by atoms with E-state index in [1.54, 1.807) is 6.07 Å². The Hall–Kier alpha value is -1.88. The molecule has 0 amide bonds. The topological polar surface area (TPSA) is 42.2 Å². The molecule has 0 bridgehead atoms. The van der Waals surface area contributed by atoms with Gasteiger partial charge < -0.3 is 9.73 Å². The third-order valence-electron chi connectivity index (χ3n) is 4.49. The molecule has 1 aliphatic heterocycles. The number of rotatable bonds is 3. The molecule has 0 spiro atoms. The van der Waals surface area contributed by atoms with Crippen LogP contribution in [-0.4, -0.2) is 10.8 Å². The van der Waals surface area contributed by atoms with Gasteiger partial charge in [-0.05, 0) is 36.8 Å². The molecular weight excluding hydrogens is 354 g/mol. The van der Waals surface area contributed by atoms with Gasteiger partial charge >= 0.3 is 0 Å². The van der Waals surface area contributed by atoms with Crippen LogP contribution in [0.4, 0.5) is 0 Å². The van der Waals surface area contributed by atoms with Crippen molar-refractivity contribution in [3.63, 3.8) is 0 Å². The van der Waals surface area contributed by atoms with Gasteiger partial charge in [-0.1, -0.05) is 35.9 Å². The van der Waals surface area contributed by atoms with Crippen LogP contribution in [0.25, 0.3) is 16.5 Å². The summed E-state index contributed by atoms with van der Waals surface area (Å²) in [5.74, 6) is 0.975. The average molecular weight is 372 g/mol. The maximum atomic E-state index is 13.1. The van der Waals surface area contributed by atoms with Crippen molar-refractivity contribution in [1.29, 1.82) is 0 Å². The van der Waals surface area contributed by atoms with E-state index < -0.39 is 10.8 Å². The summed E-state index contributed by atoms with van der Waals surface area (Å²) < 4.78 is 19.0. The Bertz CT molecular complexity index is 1020. The van der Waals surface area contributed by atoms with Crippen LogP contribution in [0.15, 0.2) is 57.2 Å². The van der Waals surface area contributed by atoms with E-state index in [-0.39, 0.29) is 0 Å². The van der Waals surface area contributed by atoms with Gasteiger partial charge in [0.1, 0.15) is 5.76 Å². The number of benzene rings is 2. The van der Waals surface area contributed by atoms with E-state index in [2.05, 4.69) is 11.9 Å². The third kappa shape index (κ3) is 2.95. The van der Waals surface area contributed by atoms with E-state index >= 15 is 0 Å². The summed E-state index contributed by atoms with van der Waals surface area (Å²) in [7, 11) is -1.31. The highest BCUT2D eigenvalue weighted by molar-refractivity contribution is 7.85. The molecule has 3 aromatic rings.